The molecule has 1 rings (SSSR count). The SMILES string of the molecule is CC(CC(=O)O)Oc1ccc(C(C)(C)C)cc1C(C)(C)C. The molecule has 0 aliphatic carbocycles. The van der Waals surface area contributed by atoms with Gasteiger partial charge in [-0.2, -0.15) is 0 Å². The van der Waals surface area contributed by atoms with Gasteiger partial charge in [-0.1, -0.05) is 53.7 Å². The summed E-state index contributed by atoms with van der Waals surface area (Å²) in [5.41, 5.74) is 2.39. The summed E-state index contributed by atoms with van der Waals surface area (Å²) < 4.78 is 5.87. The Morgan fingerprint density at radius 3 is 2.14 bits per heavy atom. The van der Waals surface area contributed by atoms with Gasteiger partial charge in [0, 0.05) is 0 Å². The Balaban J connectivity index is 3.17. The van der Waals surface area contributed by atoms with Crippen molar-refractivity contribution in [1.29, 1.82) is 0 Å². The Morgan fingerprint density at radius 1 is 1.14 bits per heavy atom. The van der Waals surface area contributed by atoms with Gasteiger partial charge in [0.25, 0.3) is 0 Å². The van der Waals surface area contributed by atoms with Crippen molar-refractivity contribution in [2.24, 2.45) is 0 Å². The molecule has 0 bridgehead atoms. The van der Waals surface area contributed by atoms with E-state index in [9.17, 15) is 4.79 Å². The van der Waals surface area contributed by atoms with E-state index >= 15 is 0 Å². The van der Waals surface area contributed by atoms with E-state index in [-0.39, 0.29) is 23.4 Å². The van der Waals surface area contributed by atoms with Gasteiger partial charge in [-0.05, 0) is 34.9 Å². The fourth-order valence-corrected chi connectivity index (χ4v) is 2.19. The van der Waals surface area contributed by atoms with Crippen LogP contribution in [0.15, 0.2) is 18.2 Å². The highest BCUT2D eigenvalue weighted by Crippen LogP contribution is 2.36. The quantitative estimate of drug-likeness (QED) is 0.887. The number of hydrogen-bond acceptors (Lipinski definition) is 2. The highest BCUT2D eigenvalue weighted by atomic mass is 16.5. The number of carbonyl (C=O) groups is 1. The first-order chi connectivity index (χ1) is 9.41. The summed E-state index contributed by atoms with van der Waals surface area (Å²) in [4.78, 5) is 10.8. The van der Waals surface area contributed by atoms with E-state index in [0.29, 0.717) is 0 Å². The maximum Gasteiger partial charge on any atom is 0.307 e. The summed E-state index contributed by atoms with van der Waals surface area (Å²) in [6.45, 7) is 14.8. The molecule has 1 N–H and O–H groups in total. The third-order valence-electron chi connectivity index (χ3n) is 3.44. The van der Waals surface area contributed by atoms with Gasteiger partial charge in [-0.25, -0.2) is 0 Å². The van der Waals surface area contributed by atoms with Gasteiger partial charge in [0.15, 0.2) is 0 Å². The van der Waals surface area contributed by atoms with Gasteiger partial charge in [0.1, 0.15) is 11.9 Å². The van der Waals surface area contributed by atoms with E-state index in [1.807, 2.05) is 6.07 Å². The molecule has 0 heterocycles. The molecule has 1 aromatic carbocycles. The minimum Gasteiger partial charge on any atom is -0.490 e. The molecule has 0 aliphatic rings. The lowest BCUT2D eigenvalue weighted by Crippen LogP contribution is -2.21. The molecular formula is C18H28O3. The standard InChI is InChI=1S/C18H28O3/c1-12(10-16(19)20)21-15-9-8-13(17(2,3)4)11-14(15)18(5,6)7/h8-9,11-12H,10H2,1-7H3,(H,19,20). The predicted molar refractivity (Wildman–Crippen MR) is 86.2 cm³/mol. The smallest absolute Gasteiger partial charge is 0.307 e. The Kier molecular flexibility index (Phi) is 5.08. The minimum atomic E-state index is -0.842. The van der Waals surface area contributed by atoms with E-state index in [2.05, 4.69) is 53.7 Å². The molecule has 1 aromatic rings. The number of carboxylic acids is 1. The van der Waals surface area contributed by atoms with E-state index in [1.165, 1.54) is 5.56 Å². The van der Waals surface area contributed by atoms with Gasteiger partial charge in [0.05, 0.1) is 6.42 Å². The first-order valence-electron chi connectivity index (χ1n) is 7.44. The normalized spacial score (nSPS) is 13.9. The maximum atomic E-state index is 10.8. The molecular weight excluding hydrogens is 264 g/mol. The zero-order chi connectivity index (χ0) is 16.4. The largest absolute Gasteiger partial charge is 0.490 e. The van der Waals surface area contributed by atoms with Gasteiger partial charge in [-0.3, -0.25) is 4.79 Å². The highest BCUT2D eigenvalue weighted by molar-refractivity contribution is 5.67. The number of benzene rings is 1. The summed E-state index contributed by atoms with van der Waals surface area (Å²) in [6.07, 6.45) is -0.339. The van der Waals surface area contributed by atoms with Crippen LogP contribution in [-0.4, -0.2) is 17.2 Å². The molecule has 1 atom stereocenters. The van der Waals surface area contributed by atoms with Crippen LogP contribution in [0.25, 0.3) is 0 Å². The lowest BCUT2D eigenvalue weighted by Gasteiger charge is -2.28. The molecule has 0 radical (unpaired) electrons. The van der Waals surface area contributed by atoms with Crippen LogP contribution in [0.2, 0.25) is 0 Å². The predicted octanol–water partition coefficient (Wildman–Crippen LogP) is 4.52. The molecule has 0 fully saturated rings. The lowest BCUT2D eigenvalue weighted by atomic mass is 9.80. The summed E-state index contributed by atoms with van der Waals surface area (Å²) in [6, 6.07) is 6.22. The van der Waals surface area contributed by atoms with E-state index < -0.39 is 5.97 Å². The van der Waals surface area contributed by atoms with Crippen molar-refractivity contribution in [1.82, 2.24) is 0 Å². The Hall–Kier alpha value is -1.51. The van der Waals surface area contributed by atoms with Crippen LogP contribution >= 0.6 is 0 Å². The first-order valence-corrected chi connectivity index (χ1v) is 7.44. The zero-order valence-electron chi connectivity index (χ0n) is 14.3. The Morgan fingerprint density at radius 2 is 1.71 bits per heavy atom. The average Bonchev–Trinajstić information content (AvgIpc) is 2.24. The molecule has 0 saturated heterocycles. The van der Waals surface area contributed by atoms with Gasteiger partial charge >= 0.3 is 5.97 Å². The minimum absolute atomic E-state index is 0.00457. The van der Waals surface area contributed by atoms with Crippen molar-refractivity contribution in [3.8, 4) is 5.75 Å². The van der Waals surface area contributed by atoms with Crippen LogP contribution < -0.4 is 4.74 Å². The second-order valence-corrected chi connectivity index (χ2v) is 7.74. The Labute approximate surface area is 128 Å². The molecule has 0 aliphatic heterocycles. The number of ether oxygens (including phenoxy) is 1. The monoisotopic (exact) mass is 292 g/mol. The molecule has 0 aromatic heterocycles. The maximum absolute atomic E-state index is 10.8. The van der Waals surface area contributed by atoms with Crippen LogP contribution in [0.1, 0.15) is 66.0 Å². The van der Waals surface area contributed by atoms with E-state index in [4.69, 9.17) is 9.84 Å². The van der Waals surface area contributed by atoms with Crippen molar-refractivity contribution in [2.75, 3.05) is 0 Å². The van der Waals surface area contributed by atoms with Crippen molar-refractivity contribution in [3.05, 3.63) is 29.3 Å². The van der Waals surface area contributed by atoms with Gasteiger partial charge < -0.3 is 9.84 Å². The molecule has 0 spiro atoms. The number of aliphatic carboxylic acids is 1. The van der Waals surface area contributed by atoms with E-state index in [0.717, 1.165) is 11.3 Å². The van der Waals surface area contributed by atoms with Crippen LogP contribution in [0, 0.1) is 0 Å². The molecule has 3 heteroatoms. The van der Waals surface area contributed by atoms with Crippen molar-refractivity contribution in [3.63, 3.8) is 0 Å². The topological polar surface area (TPSA) is 46.5 Å². The first kappa shape index (κ1) is 17.5. The number of hydrogen-bond donors (Lipinski definition) is 1. The van der Waals surface area contributed by atoms with Gasteiger partial charge in [-0.15, -0.1) is 0 Å². The third kappa shape index (κ3) is 5.07. The molecule has 3 nitrogen and oxygen atoms in total. The van der Waals surface area contributed by atoms with Gasteiger partial charge in [0.2, 0.25) is 0 Å². The molecule has 0 saturated carbocycles. The summed E-state index contributed by atoms with van der Waals surface area (Å²) in [5, 5.41) is 8.86. The van der Waals surface area contributed by atoms with Crippen molar-refractivity contribution < 1.29 is 14.6 Å². The zero-order valence-corrected chi connectivity index (χ0v) is 14.3. The van der Waals surface area contributed by atoms with Crippen molar-refractivity contribution >= 4 is 5.97 Å². The number of carboxylic acid groups (broad SMARTS) is 1. The Bertz CT molecular complexity index is 504. The molecule has 21 heavy (non-hydrogen) atoms. The van der Waals surface area contributed by atoms with Crippen LogP contribution in [0.4, 0.5) is 0 Å². The van der Waals surface area contributed by atoms with E-state index in [1.54, 1.807) is 6.92 Å². The lowest BCUT2D eigenvalue weighted by molar-refractivity contribution is -0.138. The molecule has 1 unspecified atom stereocenters. The molecule has 118 valence electrons. The molecule has 0 amide bonds. The fraction of sp³-hybridized carbons (Fsp3) is 0.611. The van der Waals surface area contributed by atoms with Crippen LogP contribution in [-0.2, 0) is 15.6 Å². The third-order valence-corrected chi connectivity index (χ3v) is 3.44. The average molecular weight is 292 g/mol. The van der Waals surface area contributed by atoms with Crippen molar-refractivity contribution in [2.45, 2.75) is 71.8 Å². The fourth-order valence-electron chi connectivity index (χ4n) is 2.19. The summed E-state index contributed by atoms with van der Waals surface area (Å²) in [5.74, 6) is -0.0598. The second-order valence-electron chi connectivity index (χ2n) is 7.74. The highest BCUT2D eigenvalue weighted by Gasteiger charge is 2.24. The summed E-state index contributed by atoms with van der Waals surface area (Å²) >= 11 is 0. The second kappa shape index (κ2) is 6.08. The number of rotatable bonds is 4. The van der Waals surface area contributed by atoms with Crippen LogP contribution in [0.5, 0.6) is 5.75 Å². The van der Waals surface area contributed by atoms with Crippen LogP contribution in [0.3, 0.4) is 0 Å². The summed E-state index contributed by atoms with van der Waals surface area (Å²) in [7, 11) is 0.